The van der Waals surface area contributed by atoms with Crippen molar-refractivity contribution in [1.29, 1.82) is 0 Å². The van der Waals surface area contributed by atoms with Gasteiger partial charge in [0.1, 0.15) is 12.4 Å². The molecular formula is C17H18FN7O2. The highest BCUT2D eigenvalue weighted by Crippen LogP contribution is 2.18. The van der Waals surface area contributed by atoms with Crippen LogP contribution in [-0.4, -0.2) is 52.4 Å². The fraction of sp³-hybridized carbons (Fsp3) is 0.353. The Hall–Kier alpha value is -3.14. The first-order valence-electron chi connectivity index (χ1n) is 8.56. The predicted octanol–water partition coefficient (Wildman–Crippen LogP) is 0.771. The van der Waals surface area contributed by atoms with E-state index in [1.807, 2.05) is 10.7 Å². The van der Waals surface area contributed by atoms with Crippen molar-refractivity contribution >= 4 is 5.91 Å². The Bertz CT molecular complexity index is 964. The Labute approximate surface area is 154 Å². The maximum absolute atomic E-state index is 13.0. The molecule has 0 fully saturated rings. The summed E-state index contributed by atoms with van der Waals surface area (Å²) in [7, 11) is 0. The van der Waals surface area contributed by atoms with Crippen molar-refractivity contribution < 1.29 is 14.3 Å². The van der Waals surface area contributed by atoms with Crippen molar-refractivity contribution in [3.05, 3.63) is 47.5 Å². The molecule has 1 aliphatic heterocycles. The van der Waals surface area contributed by atoms with E-state index in [1.165, 1.54) is 16.9 Å². The van der Waals surface area contributed by atoms with Crippen LogP contribution in [0, 0.1) is 5.82 Å². The molecule has 1 unspecified atom stereocenters. The Morgan fingerprint density at radius 3 is 2.78 bits per heavy atom. The molecule has 1 N–H and O–H groups in total. The first-order chi connectivity index (χ1) is 13.0. The number of hydrogen-bond donors (Lipinski definition) is 1. The van der Waals surface area contributed by atoms with E-state index in [-0.39, 0.29) is 18.3 Å². The standard InChI is InChI=1S/C17H18FN7O2/c1-11(26)15-8-14-9-23(6-7-24(14)20-15)16(27)10-25-21-17(19-22-25)12-2-4-13(18)5-3-12/h2-5,8,11,26H,6-7,9-10H2,1H3. The molecule has 1 aromatic carbocycles. The summed E-state index contributed by atoms with van der Waals surface area (Å²) in [4.78, 5) is 15.5. The average molecular weight is 371 g/mol. The number of rotatable bonds is 4. The van der Waals surface area contributed by atoms with Gasteiger partial charge in [-0.25, -0.2) is 4.39 Å². The monoisotopic (exact) mass is 371 g/mol. The third-order valence-corrected chi connectivity index (χ3v) is 4.43. The van der Waals surface area contributed by atoms with Crippen LogP contribution in [-0.2, 0) is 24.4 Å². The van der Waals surface area contributed by atoms with Gasteiger partial charge < -0.3 is 10.0 Å². The predicted molar refractivity (Wildman–Crippen MR) is 91.5 cm³/mol. The molecule has 1 amide bonds. The number of nitrogens with zero attached hydrogens (tertiary/aromatic N) is 7. The average Bonchev–Trinajstić information content (AvgIpc) is 3.28. The third kappa shape index (κ3) is 3.56. The van der Waals surface area contributed by atoms with Gasteiger partial charge in [-0.1, -0.05) is 0 Å². The van der Waals surface area contributed by atoms with E-state index >= 15 is 0 Å². The van der Waals surface area contributed by atoms with Gasteiger partial charge in [0.25, 0.3) is 0 Å². The van der Waals surface area contributed by atoms with Crippen LogP contribution >= 0.6 is 0 Å². The zero-order valence-corrected chi connectivity index (χ0v) is 14.7. The zero-order chi connectivity index (χ0) is 19.0. The molecule has 1 aliphatic rings. The zero-order valence-electron chi connectivity index (χ0n) is 14.7. The lowest BCUT2D eigenvalue weighted by Crippen LogP contribution is -2.40. The number of carbonyl (C=O) groups is 1. The summed E-state index contributed by atoms with van der Waals surface area (Å²) < 4.78 is 14.8. The fourth-order valence-corrected chi connectivity index (χ4v) is 2.95. The minimum Gasteiger partial charge on any atom is -0.387 e. The summed E-state index contributed by atoms with van der Waals surface area (Å²) in [6.45, 7) is 3.13. The van der Waals surface area contributed by atoms with Gasteiger partial charge in [0.05, 0.1) is 30.6 Å². The fourth-order valence-electron chi connectivity index (χ4n) is 2.95. The second-order valence-corrected chi connectivity index (χ2v) is 6.43. The van der Waals surface area contributed by atoms with Crippen molar-refractivity contribution in [3.8, 4) is 11.4 Å². The largest absolute Gasteiger partial charge is 0.387 e. The molecule has 4 rings (SSSR count). The number of benzene rings is 1. The number of amides is 1. The lowest BCUT2D eigenvalue weighted by atomic mass is 10.2. The third-order valence-electron chi connectivity index (χ3n) is 4.43. The first-order valence-corrected chi connectivity index (χ1v) is 8.56. The number of fused-ring (bicyclic) bond motifs is 1. The minimum absolute atomic E-state index is 0.0361. The summed E-state index contributed by atoms with van der Waals surface area (Å²) in [5.41, 5.74) is 2.10. The Morgan fingerprint density at radius 1 is 1.26 bits per heavy atom. The maximum Gasteiger partial charge on any atom is 0.246 e. The lowest BCUT2D eigenvalue weighted by molar-refractivity contribution is -0.133. The van der Waals surface area contributed by atoms with E-state index in [2.05, 4.69) is 20.5 Å². The van der Waals surface area contributed by atoms with Gasteiger partial charge in [-0.15, -0.1) is 10.2 Å². The van der Waals surface area contributed by atoms with Crippen molar-refractivity contribution in [3.63, 3.8) is 0 Å². The van der Waals surface area contributed by atoms with E-state index in [0.29, 0.717) is 36.7 Å². The summed E-state index contributed by atoms with van der Waals surface area (Å²) in [6, 6.07) is 7.57. The summed E-state index contributed by atoms with van der Waals surface area (Å²) in [6.07, 6.45) is -0.642. The highest BCUT2D eigenvalue weighted by atomic mass is 19.1. The van der Waals surface area contributed by atoms with E-state index in [0.717, 1.165) is 5.69 Å². The van der Waals surface area contributed by atoms with Crippen molar-refractivity contribution in [2.75, 3.05) is 6.54 Å². The lowest BCUT2D eigenvalue weighted by Gasteiger charge is -2.27. The molecule has 0 saturated carbocycles. The van der Waals surface area contributed by atoms with Crippen LogP contribution in [0.15, 0.2) is 30.3 Å². The summed E-state index contributed by atoms with van der Waals surface area (Å²) in [5, 5.41) is 26.0. The van der Waals surface area contributed by atoms with Gasteiger partial charge in [0.2, 0.25) is 11.7 Å². The molecule has 0 bridgehead atoms. The maximum atomic E-state index is 13.0. The molecule has 0 radical (unpaired) electrons. The van der Waals surface area contributed by atoms with E-state index in [1.54, 1.807) is 24.0 Å². The van der Waals surface area contributed by atoms with Crippen molar-refractivity contribution in [1.82, 2.24) is 34.9 Å². The van der Waals surface area contributed by atoms with Crippen LogP contribution in [0.5, 0.6) is 0 Å². The van der Waals surface area contributed by atoms with Gasteiger partial charge in [-0.2, -0.15) is 9.90 Å². The topological polar surface area (TPSA) is 102 Å². The van der Waals surface area contributed by atoms with Crippen molar-refractivity contribution in [2.45, 2.75) is 32.7 Å². The second-order valence-electron chi connectivity index (χ2n) is 6.43. The van der Waals surface area contributed by atoms with Gasteiger partial charge in [-0.3, -0.25) is 9.48 Å². The Morgan fingerprint density at radius 2 is 2.04 bits per heavy atom. The molecule has 3 heterocycles. The van der Waals surface area contributed by atoms with E-state index < -0.39 is 6.10 Å². The van der Waals surface area contributed by atoms with Crippen LogP contribution < -0.4 is 0 Å². The number of aromatic nitrogens is 6. The number of hydrogen-bond acceptors (Lipinski definition) is 6. The summed E-state index contributed by atoms with van der Waals surface area (Å²) >= 11 is 0. The highest BCUT2D eigenvalue weighted by Gasteiger charge is 2.24. The second kappa shape index (κ2) is 6.88. The molecule has 0 aliphatic carbocycles. The molecule has 1 atom stereocenters. The minimum atomic E-state index is -0.642. The molecule has 10 heteroatoms. The molecule has 27 heavy (non-hydrogen) atoms. The van der Waals surface area contributed by atoms with E-state index in [4.69, 9.17) is 0 Å². The quantitative estimate of drug-likeness (QED) is 0.727. The SMILES string of the molecule is CC(O)c1cc2n(n1)CCN(C(=O)Cn1nnc(-c3ccc(F)cc3)n1)C2. The van der Waals surface area contributed by atoms with Crippen LogP contribution in [0.25, 0.3) is 11.4 Å². The first kappa shape index (κ1) is 17.3. The molecule has 2 aromatic heterocycles. The molecular weight excluding hydrogens is 353 g/mol. The number of tetrazole rings is 1. The van der Waals surface area contributed by atoms with Crippen molar-refractivity contribution in [2.24, 2.45) is 0 Å². The molecule has 9 nitrogen and oxygen atoms in total. The summed E-state index contributed by atoms with van der Waals surface area (Å²) in [5.74, 6) is -0.144. The Kier molecular flexibility index (Phi) is 4.40. The highest BCUT2D eigenvalue weighted by molar-refractivity contribution is 5.75. The number of aliphatic hydroxyl groups excluding tert-OH is 1. The molecule has 0 saturated heterocycles. The van der Waals surface area contributed by atoms with Gasteiger partial charge in [-0.05, 0) is 42.5 Å². The Balaban J connectivity index is 1.43. The van der Waals surface area contributed by atoms with Crippen LogP contribution in [0.2, 0.25) is 0 Å². The van der Waals surface area contributed by atoms with Gasteiger partial charge >= 0.3 is 0 Å². The number of carbonyl (C=O) groups excluding carboxylic acids is 1. The van der Waals surface area contributed by atoms with Gasteiger partial charge in [0, 0.05) is 12.1 Å². The molecule has 140 valence electrons. The normalized spacial score (nSPS) is 14.9. The molecule has 0 spiro atoms. The van der Waals surface area contributed by atoms with E-state index in [9.17, 15) is 14.3 Å². The number of aliphatic hydroxyl groups is 1. The van der Waals surface area contributed by atoms with Gasteiger partial charge in [0.15, 0.2) is 0 Å². The van der Waals surface area contributed by atoms with Crippen LogP contribution in [0.3, 0.4) is 0 Å². The smallest absolute Gasteiger partial charge is 0.246 e. The molecule has 3 aromatic rings. The van der Waals surface area contributed by atoms with Crippen LogP contribution in [0.4, 0.5) is 4.39 Å². The van der Waals surface area contributed by atoms with Crippen LogP contribution in [0.1, 0.15) is 24.4 Å². The number of halogens is 1.